The van der Waals surface area contributed by atoms with E-state index < -0.39 is 0 Å². The van der Waals surface area contributed by atoms with E-state index in [1.54, 1.807) is 6.20 Å². The number of hydrogen-bond acceptors (Lipinski definition) is 5. The fraction of sp³-hybridized carbons (Fsp3) is 0.353. The van der Waals surface area contributed by atoms with E-state index in [2.05, 4.69) is 25.9 Å². The van der Waals surface area contributed by atoms with Crippen molar-refractivity contribution in [2.75, 3.05) is 5.43 Å². The van der Waals surface area contributed by atoms with E-state index >= 15 is 0 Å². The molecule has 0 atom stereocenters. The summed E-state index contributed by atoms with van der Waals surface area (Å²) in [6.07, 6.45) is 9.94. The number of anilines is 1. The molecule has 1 saturated carbocycles. The zero-order valence-electron chi connectivity index (χ0n) is 12.9. The second kappa shape index (κ2) is 6.34. The molecule has 0 unspecified atom stereocenters. The minimum atomic E-state index is 0.501. The molecule has 23 heavy (non-hydrogen) atoms. The zero-order valence-corrected chi connectivity index (χ0v) is 12.9. The molecule has 0 radical (unpaired) electrons. The van der Waals surface area contributed by atoms with Crippen LogP contribution in [0.15, 0.2) is 42.7 Å². The van der Waals surface area contributed by atoms with Crippen LogP contribution in [0.25, 0.3) is 16.7 Å². The number of nitrogens with zero attached hydrogens (tertiary/aromatic N) is 4. The summed E-state index contributed by atoms with van der Waals surface area (Å²) in [6, 6.07) is 10.5. The van der Waals surface area contributed by atoms with Gasteiger partial charge in [0, 0.05) is 23.7 Å². The average Bonchev–Trinajstić information content (AvgIpc) is 3.05. The van der Waals surface area contributed by atoms with Crippen LogP contribution in [0.4, 0.5) is 5.95 Å². The highest BCUT2D eigenvalue weighted by Gasteiger charge is 2.13. The van der Waals surface area contributed by atoms with Gasteiger partial charge in [0.05, 0.1) is 11.7 Å². The van der Waals surface area contributed by atoms with E-state index in [0.29, 0.717) is 12.0 Å². The molecule has 0 bridgehead atoms. The molecule has 0 saturated heterocycles. The molecule has 0 aliphatic heterocycles. The Morgan fingerprint density at radius 3 is 2.83 bits per heavy atom. The third-order valence-corrected chi connectivity index (χ3v) is 4.33. The fourth-order valence-corrected chi connectivity index (χ4v) is 3.10. The van der Waals surface area contributed by atoms with E-state index in [1.807, 2.05) is 41.2 Å². The van der Waals surface area contributed by atoms with Crippen LogP contribution in [0.5, 0.6) is 0 Å². The van der Waals surface area contributed by atoms with Crippen LogP contribution in [-0.4, -0.2) is 25.8 Å². The molecule has 0 spiro atoms. The number of hydrogen-bond donors (Lipinski definition) is 2. The Labute approximate surface area is 134 Å². The summed E-state index contributed by atoms with van der Waals surface area (Å²) in [7, 11) is 0. The summed E-state index contributed by atoms with van der Waals surface area (Å²) in [5.74, 6) is 1.33. The van der Waals surface area contributed by atoms with E-state index in [4.69, 9.17) is 0 Å². The molecular formula is C17H20N6. The third-order valence-electron chi connectivity index (χ3n) is 4.33. The minimum Gasteiger partial charge on any atom is -0.289 e. The predicted molar refractivity (Wildman–Crippen MR) is 90.3 cm³/mol. The molecule has 1 aromatic carbocycles. The first-order valence-electron chi connectivity index (χ1n) is 8.18. The van der Waals surface area contributed by atoms with Gasteiger partial charge in [-0.3, -0.25) is 5.43 Å². The first-order valence-corrected chi connectivity index (χ1v) is 8.18. The van der Waals surface area contributed by atoms with Crippen LogP contribution >= 0.6 is 0 Å². The highest BCUT2D eigenvalue weighted by Crippen LogP contribution is 2.18. The van der Waals surface area contributed by atoms with Crippen LogP contribution in [0, 0.1) is 0 Å². The summed E-state index contributed by atoms with van der Waals surface area (Å²) < 4.78 is 1.84. The lowest BCUT2D eigenvalue weighted by Crippen LogP contribution is -2.36. The third kappa shape index (κ3) is 3.03. The first kappa shape index (κ1) is 14.1. The maximum atomic E-state index is 4.57. The Morgan fingerprint density at radius 2 is 1.91 bits per heavy atom. The van der Waals surface area contributed by atoms with Crippen molar-refractivity contribution < 1.29 is 0 Å². The molecule has 2 heterocycles. The van der Waals surface area contributed by atoms with Gasteiger partial charge in [-0.05, 0) is 18.9 Å². The lowest BCUT2D eigenvalue weighted by atomic mass is 9.96. The Balaban J connectivity index is 1.54. The summed E-state index contributed by atoms with van der Waals surface area (Å²) in [5.41, 5.74) is 7.53. The molecule has 6 heteroatoms. The number of nitrogens with one attached hydrogen (secondary N) is 2. The van der Waals surface area contributed by atoms with Crippen LogP contribution in [0.2, 0.25) is 0 Å². The molecular weight excluding hydrogens is 288 g/mol. The van der Waals surface area contributed by atoms with E-state index in [9.17, 15) is 0 Å². The summed E-state index contributed by atoms with van der Waals surface area (Å²) >= 11 is 0. The van der Waals surface area contributed by atoms with Crippen molar-refractivity contribution in [2.24, 2.45) is 0 Å². The van der Waals surface area contributed by atoms with Gasteiger partial charge in [-0.15, -0.1) is 0 Å². The number of benzene rings is 1. The maximum absolute atomic E-state index is 4.57. The highest BCUT2D eigenvalue weighted by molar-refractivity contribution is 5.79. The fourth-order valence-electron chi connectivity index (χ4n) is 3.10. The van der Waals surface area contributed by atoms with Gasteiger partial charge in [0.25, 0.3) is 0 Å². The number of aromatic nitrogens is 4. The number of fused-ring (bicyclic) bond motifs is 1. The van der Waals surface area contributed by atoms with Gasteiger partial charge >= 0.3 is 0 Å². The molecule has 0 amide bonds. The second-order valence-electron chi connectivity index (χ2n) is 5.96. The van der Waals surface area contributed by atoms with Crippen molar-refractivity contribution >= 4 is 16.9 Å². The predicted octanol–water partition coefficient (Wildman–Crippen LogP) is 3.06. The van der Waals surface area contributed by atoms with Gasteiger partial charge in [0.15, 0.2) is 5.82 Å². The van der Waals surface area contributed by atoms with Crippen molar-refractivity contribution in [1.82, 2.24) is 25.2 Å². The number of rotatable bonds is 4. The van der Waals surface area contributed by atoms with Gasteiger partial charge in [-0.25, -0.2) is 15.1 Å². The Kier molecular flexibility index (Phi) is 3.90. The summed E-state index contributed by atoms with van der Waals surface area (Å²) in [6.45, 7) is 0. The van der Waals surface area contributed by atoms with Crippen LogP contribution < -0.4 is 10.9 Å². The Bertz CT molecular complexity index is 790. The molecule has 118 valence electrons. The molecule has 1 aliphatic carbocycles. The first-order chi connectivity index (χ1) is 11.4. The molecule has 4 rings (SSSR count). The smallest absolute Gasteiger partial charge is 0.239 e. The standard InChI is InChI=1S/C17H20N6/c1-2-7-14(8-3-1)21-22-17-18-11-10-16(20-17)23-15-9-5-4-6-13(15)12-19-23/h4-6,9-12,14,21H,1-3,7-8H2,(H,18,20,22). The number of hydrazine groups is 1. The van der Waals surface area contributed by atoms with Gasteiger partial charge in [-0.2, -0.15) is 10.1 Å². The van der Waals surface area contributed by atoms with Crippen molar-refractivity contribution in [3.8, 4) is 5.82 Å². The average molecular weight is 308 g/mol. The molecule has 1 fully saturated rings. The quantitative estimate of drug-likeness (QED) is 0.725. The lowest BCUT2D eigenvalue weighted by molar-refractivity contribution is 0.392. The van der Waals surface area contributed by atoms with Gasteiger partial charge in [0.2, 0.25) is 5.95 Å². The maximum Gasteiger partial charge on any atom is 0.239 e. The van der Waals surface area contributed by atoms with Crippen molar-refractivity contribution in [3.63, 3.8) is 0 Å². The largest absolute Gasteiger partial charge is 0.289 e. The normalized spacial score (nSPS) is 15.8. The van der Waals surface area contributed by atoms with Crippen molar-refractivity contribution in [2.45, 2.75) is 38.1 Å². The van der Waals surface area contributed by atoms with Crippen molar-refractivity contribution in [3.05, 3.63) is 42.7 Å². The molecule has 1 aliphatic rings. The van der Waals surface area contributed by atoms with Gasteiger partial charge in [0.1, 0.15) is 0 Å². The van der Waals surface area contributed by atoms with E-state index in [0.717, 1.165) is 16.7 Å². The molecule has 2 aromatic heterocycles. The lowest BCUT2D eigenvalue weighted by Gasteiger charge is -2.22. The van der Waals surface area contributed by atoms with Crippen LogP contribution in [-0.2, 0) is 0 Å². The summed E-state index contributed by atoms with van der Waals surface area (Å²) in [4.78, 5) is 8.85. The van der Waals surface area contributed by atoms with Crippen molar-refractivity contribution in [1.29, 1.82) is 0 Å². The van der Waals surface area contributed by atoms with Gasteiger partial charge in [-0.1, -0.05) is 37.5 Å². The highest BCUT2D eigenvalue weighted by atomic mass is 15.4. The van der Waals surface area contributed by atoms with E-state index in [1.165, 1.54) is 32.1 Å². The van der Waals surface area contributed by atoms with Crippen LogP contribution in [0.1, 0.15) is 32.1 Å². The SMILES string of the molecule is c1ccc2c(c1)cnn2-c1ccnc(NNC2CCCCC2)n1. The zero-order chi connectivity index (χ0) is 15.5. The topological polar surface area (TPSA) is 67.7 Å². The second-order valence-corrected chi connectivity index (χ2v) is 5.96. The monoisotopic (exact) mass is 308 g/mol. The molecule has 6 nitrogen and oxygen atoms in total. The molecule has 2 N–H and O–H groups in total. The van der Waals surface area contributed by atoms with E-state index in [-0.39, 0.29) is 0 Å². The minimum absolute atomic E-state index is 0.501. The Morgan fingerprint density at radius 1 is 1.04 bits per heavy atom. The Hall–Kier alpha value is -2.47. The van der Waals surface area contributed by atoms with Gasteiger partial charge < -0.3 is 0 Å². The van der Waals surface area contributed by atoms with Crippen LogP contribution in [0.3, 0.4) is 0 Å². The number of para-hydroxylation sites is 1. The molecule has 3 aromatic rings. The summed E-state index contributed by atoms with van der Waals surface area (Å²) in [5, 5.41) is 5.53.